The van der Waals surface area contributed by atoms with E-state index in [1.54, 1.807) is 0 Å². The Labute approximate surface area is 154 Å². The fourth-order valence-electron chi connectivity index (χ4n) is 8.17. The van der Waals surface area contributed by atoms with Crippen LogP contribution in [-0.2, 0) is 19.1 Å². The lowest BCUT2D eigenvalue weighted by atomic mass is 9.46. The fourth-order valence-corrected chi connectivity index (χ4v) is 8.17. The standard InChI is InChI=1S/C22H28O4/c1-10(9-23)11-4-5-12-16-13(6-7-21(11,12)2)22(3)14(17-19(16)25-17)8-15(24)18-20(22)26-18/h8-13,16-20H,4-7H2,1-3H3/t10?,11-,12+,13+,16+,17-,18+,19+,20+,21-,22-/m1/s1. The summed E-state index contributed by atoms with van der Waals surface area (Å²) in [6.07, 6.45) is 8.08. The highest BCUT2D eigenvalue weighted by Gasteiger charge is 2.74. The van der Waals surface area contributed by atoms with Crippen molar-refractivity contribution in [1.29, 1.82) is 0 Å². The predicted molar refractivity (Wildman–Crippen MR) is 94.3 cm³/mol. The lowest BCUT2D eigenvalue weighted by Gasteiger charge is -2.56. The zero-order valence-corrected chi connectivity index (χ0v) is 15.8. The Hall–Kier alpha value is -1.00. The molecule has 140 valence electrons. The van der Waals surface area contributed by atoms with Gasteiger partial charge in [0.2, 0.25) is 0 Å². The molecular formula is C22H28O4. The number of ketones is 1. The molecule has 2 heterocycles. The Morgan fingerprint density at radius 2 is 1.96 bits per heavy atom. The molecule has 2 aliphatic heterocycles. The maximum atomic E-state index is 12.3. The summed E-state index contributed by atoms with van der Waals surface area (Å²) >= 11 is 0. The number of carbonyl (C=O) groups is 2. The highest BCUT2D eigenvalue weighted by molar-refractivity contribution is 5.98. The van der Waals surface area contributed by atoms with Crippen molar-refractivity contribution in [3.63, 3.8) is 0 Å². The lowest BCUT2D eigenvalue weighted by molar-refractivity contribution is -0.116. The normalized spacial score (nSPS) is 59.8. The molecular weight excluding hydrogens is 328 g/mol. The maximum absolute atomic E-state index is 12.3. The van der Waals surface area contributed by atoms with Crippen molar-refractivity contribution in [2.45, 2.75) is 70.9 Å². The zero-order chi connectivity index (χ0) is 18.0. The monoisotopic (exact) mass is 356 g/mol. The van der Waals surface area contributed by atoms with E-state index in [-0.39, 0.29) is 46.9 Å². The van der Waals surface area contributed by atoms with E-state index in [1.165, 1.54) is 37.5 Å². The molecule has 1 unspecified atom stereocenters. The lowest BCUT2D eigenvalue weighted by Crippen LogP contribution is -2.56. The van der Waals surface area contributed by atoms with E-state index in [1.807, 2.05) is 6.08 Å². The first-order valence-corrected chi connectivity index (χ1v) is 10.4. The smallest absolute Gasteiger partial charge is 0.187 e. The first-order chi connectivity index (χ1) is 12.4. The topological polar surface area (TPSA) is 59.2 Å². The molecule has 4 heteroatoms. The van der Waals surface area contributed by atoms with Gasteiger partial charge in [-0.15, -0.1) is 0 Å². The van der Waals surface area contributed by atoms with Gasteiger partial charge in [-0.05, 0) is 66.4 Å². The van der Waals surface area contributed by atoms with E-state index in [9.17, 15) is 9.59 Å². The molecule has 0 N–H and O–H groups in total. The summed E-state index contributed by atoms with van der Waals surface area (Å²) in [5, 5.41) is 0. The molecule has 0 radical (unpaired) electrons. The number of rotatable bonds is 2. The summed E-state index contributed by atoms with van der Waals surface area (Å²) in [5.74, 6) is 2.54. The van der Waals surface area contributed by atoms with Gasteiger partial charge in [-0.2, -0.15) is 0 Å². The maximum Gasteiger partial charge on any atom is 0.187 e. The second-order valence-corrected chi connectivity index (χ2v) is 10.3. The number of fused-ring (bicyclic) bond motifs is 10. The van der Waals surface area contributed by atoms with Crippen LogP contribution in [0.25, 0.3) is 0 Å². The molecule has 0 bridgehead atoms. The minimum atomic E-state index is -0.195. The van der Waals surface area contributed by atoms with Crippen molar-refractivity contribution in [1.82, 2.24) is 0 Å². The van der Waals surface area contributed by atoms with Crippen LogP contribution in [0.4, 0.5) is 0 Å². The number of hydrogen-bond donors (Lipinski definition) is 0. The third-order valence-corrected chi connectivity index (χ3v) is 9.52. The van der Waals surface area contributed by atoms with Crippen LogP contribution in [0, 0.1) is 40.4 Å². The minimum Gasteiger partial charge on any atom is -0.364 e. The summed E-state index contributed by atoms with van der Waals surface area (Å²) in [4.78, 5) is 23.8. The Balaban J connectivity index is 1.41. The quantitative estimate of drug-likeness (QED) is 0.564. The molecule has 4 nitrogen and oxygen atoms in total. The van der Waals surface area contributed by atoms with Gasteiger partial charge >= 0.3 is 0 Å². The highest BCUT2D eigenvalue weighted by atomic mass is 16.6. The van der Waals surface area contributed by atoms with Crippen molar-refractivity contribution < 1.29 is 19.1 Å². The van der Waals surface area contributed by atoms with Gasteiger partial charge in [-0.1, -0.05) is 20.8 Å². The van der Waals surface area contributed by atoms with E-state index in [2.05, 4.69) is 20.8 Å². The Kier molecular flexibility index (Phi) is 2.89. The predicted octanol–water partition coefficient (Wildman–Crippen LogP) is 2.94. The molecule has 0 aromatic rings. The molecule has 0 spiro atoms. The molecule has 6 rings (SSSR count). The van der Waals surface area contributed by atoms with Crippen LogP contribution >= 0.6 is 0 Å². The van der Waals surface area contributed by atoms with Gasteiger partial charge in [0.15, 0.2) is 5.78 Å². The highest BCUT2D eigenvalue weighted by Crippen LogP contribution is 2.72. The van der Waals surface area contributed by atoms with Crippen LogP contribution < -0.4 is 0 Å². The van der Waals surface area contributed by atoms with Gasteiger partial charge in [0, 0.05) is 11.3 Å². The largest absolute Gasteiger partial charge is 0.364 e. The summed E-state index contributed by atoms with van der Waals surface area (Å²) < 4.78 is 12.1. The average molecular weight is 356 g/mol. The Bertz CT molecular complexity index is 742. The third-order valence-electron chi connectivity index (χ3n) is 9.52. The van der Waals surface area contributed by atoms with Crippen LogP contribution in [0.1, 0.15) is 46.5 Å². The SMILES string of the molecule is CC(C=O)[C@H]1CC[C@H]2[C@@H]3[C@@H]4O[C@@H]4C4=CC(=O)[C@@H]5O[C@@H]5[C@]4(C)[C@H]3CC[C@]12C. The molecule has 26 heavy (non-hydrogen) atoms. The van der Waals surface area contributed by atoms with Crippen LogP contribution in [0.2, 0.25) is 0 Å². The number of ether oxygens (including phenoxy) is 2. The second-order valence-electron chi connectivity index (χ2n) is 10.3. The molecule has 0 aromatic heterocycles. The zero-order valence-electron chi connectivity index (χ0n) is 15.8. The first-order valence-electron chi connectivity index (χ1n) is 10.4. The molecule has 6 aliphatic rings. The summed E-state index contributed by atoms with van der Waals surface area (Å²) in [7, 11) is 0. The van der Waals surface area contributed by atoms with Gasteiger partial charge < -0.3 is 14.3 Å². The van der Waals surface area contributed by atoms with E-state index >= 15 is 0 Å². The van der Waals surface area contributed by atoms with E-state index in [0.717, 1.165) is 0 Å². The van der Waals surface area contributed by atoms with E-state index < -0.39 is 0 Å². The molecule has 2 saturated heterocycles. The van der Waals surface area contributed by atoms with Crippen molar-refractivity contribution >= 4 is 12.1 Å². The van der Waals surface area contributed by atoms with Gasteiger partial charge in [-0.25, -0.2) is 0 Å². The van der Waals surface area contributed by atoms with Gasteiger partial charge in [0.25, 0.3) is 0 Å². The summed E-state index contributed by atoms with van der Waals surface area (Å²) in [5.41, 5.74) is 1.45. The van der Waals surface area contributed by atoms with E-state index in [0.29, 0.717) is 23.7 Å². The number of epoxide rings is 2. The molecule has 11 atom stereocenters. The average Bonchev–Trinajstić information content (AvgIpc) is 3.51. The van der Waals surface area contributed by atoms with Crippen LogP contribution in [0.5, 0.6) is 0 Å². The van der Waals surface area contributed by atoms with Crippen molar-refractivity contribution in [2.75, 3.05) is 0 Å². The first kappa shape index (κ1) is 16.0. The fraction of sp³-hybridized carbons (Fsp3) is 0.818. The van der Waals surface area contributed by atoms with Gasteiger partial charge in [0.1, 0.15) is 24.6 Å². The van der Waals surface area contributed by atoms with Crippen LogP contribution in [-0.4, -0.2) is 36.5 Å². The molecule has 4 aliphatic carbocycles. The summed E-state index contributed by atoms with van der Waals surface area (Å²) in [6.45, 7) is 6.89. The number of aldehydes is 1. The van der Waals surface area contributed by atoms with Crippen molar-refractivity contribution in [3.05, 3.63) is 11.6 Å². The number of hydrogen-bond acceptors (Lipinski definition) is 4. The number of carbonyl (C=O) groups excluding carboxylic acids is 2. The molecule has 0 amide bonds. The molecule has 5 fully saturated rings. The van der Waals surface area contributed by atoms with Gasteiger partial charge in [-0.3, -0.25) is 4.79 Å². The molecule has 0 aromatic carbocycles. The second kappa shape index (κ2) is 4.70. The Morgan fingerprint density at radius 1 is 1.15 bits per heavy atom. The van der Waals surface area contributed by atoms with Crippen LogP contribution in [0.3, 0.4) is 0 Å². The van der Waals surface area contributed by atoms with Crippen LogP contribution in [0.15, 0.2) is 11.6 Å². The molecule has 3 saturated carbocycles. The third kappa shape index (κ3) is 1.66. The Morgan fingerprint density at radius 3 is 2.73 bits per heavy atom. The van der Waals surface area contributed by atoms with Crippen molar-refractivity contribution in [2.24, 2.45) is 40.4 Å². The van der Waals surface area contributed by atoms with E-state index in [4.69, 9.17) is 9.47 Å². The summed E-state index contributed by atoms with van der Waals surface area (Å²) in [6, 6.07) is 0. The minimum absolute atomic E-state index is 0.0311. The van der Waals surface area contributed by atoms with Crippen molar-refractivity contribution in [3.8, 4) is 0 Å². The van der Waals surface area contributed by atoms with Gasteiger partial charge in [0.05, 0.1) is 6.10 Å².